The van der Waals surface area contributed by atoms with Gasteiger partial charge < -0.3 is 10.6 Å². The summed E-state index contributed by atoms with van der Waals surface area (Å²) >= 11 is 0. The fraction of sp³-hybridized carbons (Fsp3) is 0.333. The Bertz CT molecular complexity index is 557. The second kappa shape index (κ2) is 4.08. The number of nitrogens with zero attached hydrogens (tertiary/aromatic N) is 3. The van der Waals surface area contributed by atoms with Crippen LogP contribution >= 0.6 is 0 Å². The van der Waals surface area contributed by atoms with Crippen molar-refractivity contribution in [2.75, 3.05) is 6.54 Å². The highest BCUT2D eigenvalue weighted by molar-refractivity contribution is 5.81. The molecule has 0 aliphatic carbocycles. The summed E-state index contributed by atoms with van der Waals surface area (Å²) in [7, 11) is 0. The zero-order valence-corrected chi connectivity index (χ0v) is 9.72. The summed E-state index contributed by atoms with van der Waals surface area (Å²) in [6.07, 6.45) is 3.84. The van der Waals surface area contributed by atoms with Crippen LogP contribution in [0.3, 0.4) is 0 Å². The average molecular weight is 229 g/mol. The van der Waals surface area contributed by atoms with Crippen molar-refractivity contribution in [3.05, 3.63) is 36.2 Å². The predicted octanol–water partition coefficient (Wildman–Crippen LogP) is 0.772. The van der Waals surface area contributed by atoms with Crippen LogP contribution in [-0.4, -0.2) is 28.2 Å². The van der Waals surface area contributed by atoms with E-state index in [1.807, 2.05) is 29.0 Å². The van der Waals surface area contributed by atoms with Gasteiger partial charge >= 0.3 is 0 Å². The van der Waals surface area contributed by atoms with Crippen LogP contribution in [-0.2, 0) is 6.54 Å². The fourth-order valence-electron chi connectivity index (χ4n) is 1.96. The Morgan fingerprint density at radius 2 is 2.47 bits per heavy atom. The Hall–Kier alpha value is -2.04. The van der Waals surface area contributed by atoms with Gasteiger partial charge in [0.2, 0.25) is 0 Å². The largest absolute Gasteiger partial charge is 0.352 e. The zero-order valence-electron chi connectivity index (χ0n) is 9.72. The van der Waals surface area contributed by atoms with Crippen molar-refractivity contribution in [1.82, 2.24) is 20.2 Å². The molecule has 88 valence electrons. The van der Waals surface area contributed by atoms with Gasteiger partial charge in [0, 0.05) is 24.3 Å². The molecule has 5 heteroatoms. The van der Waals surface area contributed by atoms with Gasteiger partial charge in [-0.1, -0.05) is 6.07 Å². The van der Waals surface area contributed by atoms with E-state index in [1.165, 1.54) is 5.56 Å². The first-order valence-electron chi connectivity index (χ1n) is 5.79. The van der Waals surface area contributed by atoms with Gasteiger partial charge in [0.25, 0.3) is 0 Å². The Balaban J connectivity index is 1.73. The van der Waals surface area contributed by atoms with Gasteiger partial charge in [-0.25, -0.2) is 4.52 Å². The van der Waals surface area contributed by atoms with Crippen molar-refractivity contribution in [3.63, 3.8) is 0 Å². The number of hydrogen-bond donors (Lipinski definition) is 2. The summed E-state index contributed by atoms with van der Waals surface area (Å²) in [5, 5.41) is 10.9. The average Bonchev–Trinajstić information content (AvgIpc) is 2.93. The molecule has 3 rings (SSSR count). The van der Waals surface area contributed by atoms with E-state index in [2.05, 4.69) is 33.7 Å². The highest BCUT2D eigenvalue weighted by Gasteiger charge is 2.12. The van der Waals surface area contributed by atoms with Crippen molar-refractivity contribution in [2.45, 2.75) is 19.5 Å². The van der Waals surface area contributed by atoms with Gasteiger partial charge in [0.05, 0.1) is 18.3 Å². The van der Waals surface area contributed by atoms with Gasteiger partial charge in [0.15, 0.2) is 5.96 Å². The second-order valence-corrected chi connectivity index (χ2v) is 4.29. The predicted molar refractivity (Wildman–Crippen MR) is 66.9 cm³/mol. The molecule has 1 atom stereocenters. The van der Waals surface area contributed by atoms with Crippen LogP contribution in [0, 0.1) is 0 Å². The number of hydrogen-bond acceptors (Lipinski definition) is 4. The lowest BCUT2D eigenvalue weighted by atomic mass is 10.2. The molecule has 17 heavy (non-hydrogen) atoms. The number of fused-ring (bicyclic) bond motifs is 1. The first-order chi connectivity index (χ1) is 8.33. The number of aliphatic imine (C=N–C) groups is 1. The monoisotopic (exact) mass is 229 g/mol. The van der Waals surface area contributed by atoms with Crippen molar-refractivity contribution in [2.24, 2.45) is 4.99 Å². The Morgan fingerprint density at radius 1 is 1.53 bits per heavy atom. The molecule has 0 aromatic carbocycles. The smallest absolute Gasteiger partial charge is 0.191 e. The van der Waals surface area contributed by atoms with Crippen LogP contribution in [0.2, 0.25) is 0 Å². The lowest BCUT2D eigenvalue weighted by molar-refractivity contribution is 0.713. The molecule has 0 bridgehead atoms. The number of guanidine groups is 1. The maximum Gasteiger partial charge on any atom is 0.191 e. The van der Waals surface area contributed by atoms with E-state index < -0.39 is 0 Å². The lowest BCUT2D eigenvalue weighted by Gasteiger charge is -2.07. The topological polar surface area (TPSA) is 53.7 Å². The van der Waals surface area contributed by atoms with Crippen LogP contribution in [0.1, 0.15) is 12.5 Å². The molecule has 1 unspecified atom stereocenters. The molecule has 1 aliphatic rings. The highest BCUT2D eigenvalue weighted by Crippen LogP contribution is 2.09. The van der Waals surface area contributed by atoms with E-state index in [0.29, 0.717) is 6.04 Å². The minimum Gasteiger partial charge on any atom is -0.352 e. The molecule has 0 radical (unpaired) electrons. The van der Waals surface area contributed by atoms with Crippen LogP contribution in [0.15, 0.2) is 35.6 Å². The first kappa shape index (κ1) is 10.1. The quantitative estimate of drug-likeness (QED) is 0.800. The van der Waals surface area contributed by atoms with Gasteiger partial charge in [-0.2, -0.15) is 5.10 Å². The summed E-state index contributed by atoms with van der Waals surface area (Å²) in [6, 6.07) is 6.49. The van der Waals surface area contributed by atoms with Gasteiger partial charge in [-0.15, -0.1) is 0 Å². The number of aromatic nitrogens is 2. The molecule has 0 saturated carbocycles. The number of nitrogens with one attached hydrogen (secondary N) is 2. The molecule has 2 aromatic rings. The standard InChI is InChI=1S/C12H15N5/c1-9-6-13-12(16-9)14-7-10-8-15-17-5-3-2-4-11(10)17/h2-5,8-9H,6-7H2,1H3,(H2,13,14,16). The lowest BCUT2D eigenvalue weighted by Crippen LogP contribution is -2.37. The summed E-state index contributed by atoms with van der Waals surface area (Å²) in [5.41, 5.74) is 2.31. The van der Waals surface area contributed by atoms with Crippen molar-refractivity contribution in [3.8, 4) is 0 Å². The summed E-state index contributed by atoms with van der Waals surface area (Å²) in [6.45, 7) is 3.71. The van der Waals surface area contributed by atoms with Crippen LogP contribution in [0.25, 0.3) is 5.52 Å². The van der Waals surface area contributed by atoms with Crippen LogP contribution in [0.4, 0.5) is 0 Å². The molecule has 0 amide bonds. The SMILES string of the molecule is CC1CN=C(NCc2cnn3ccccc23)N1. The van der Waals surface area contributed by atoms with E-state index in [-0.39, 0.29) is 0 Å². The highest BCUT2D eigenvalue weighted by atomic mass is 15.2. The maximum atomic E-state index is 4.36. The summed E-state index contributed by atoms with van der Waals surface area (Å²) in [5.74, 6) is 0.882. The van der Waals surface area contributed by atoms with Gasteiger partial charge in [-0.3, -0.25) is 4.99 Å². The first-order valence-corrected chi connectivity index (χ1v) is 5.79. The number of rotatable bonds is 2. The van der Waals surface area contributed by atoms with Crippen molar-refractivity contribution < 1.29 is 0 Å². The molecular weight excluding hydrogens is 214 g/mol. The van der Waals surface area contributed by atoms with Crippen LogP contribution < -0.4 is 10.6 Å². The zero-order chi connectivity index (χ0) is 11.7. The maximum absolute atomic E-state index is 4.36. The molecule has 2 N–H and O–H groups in total. The summed E-state index contributed by atoms with van der Waals surface area (Å²) < 4.78 is 1.88. The van der Waals surface area contributed by atoms with Crippen LogP contribution in [0.5, 0.6) is 0 Å². The molecule has 0 saturated heterocycles. The Kier molecular flexibility index (Phi) is 2.44. The van der Waals surface area contributed by atoms with Crippen molar-refractivity contribution >= 4 is 11.5 Å². The summed E-state index contributed by atoms with van der Waals surface area (Å²) in [4.78, 5) is 4.36. The molecule has 3 heterocycles. The van der Waals surface area contributed by atoms with Crippen molar-refractivity contribution in [1.29, 1.82) is 0 Å². The van der Waals surface area contributed by atoms with E-state index in [4.69, 9.17) is 0 Å². The van der Waals surface area contributed by atoms with E-state index in [9.17, 15) is 0 Å². The van der Waals surface area contributed by atoms with Gasteiger partial charge in [-0.05, 0) is 19.1 Å². The van der Waals surface area contributed by atoms with E-state index in [0.717, 1.165) is 24.6 Å². The molecule has 5 nitrogen and oxygen atoms in total. The number of pyridine rings is 1. The molecular formula is C12H15N5. The minimum absolute atomic E-state index is 0.432. The molecule has 0 fully saturated rings. The fourth-order valence-corrected chi connectivity index (χ4v) is 1.96. The molecule has 2 aromatic heterocycles. The molecule has 0 spiro atoms. The third-order valence-corrected chi connectivity index (χ3v) is 2.86. The van der Waals surface area contributed by atoms with E-state index >= 15 is 0 Å². The second-order valence-electron chi connectivity index (χ2n) is 4.29. The van der Waals surface area contributed by atoms with Gasteiger partial charge in [0.1, 0.15) is 0 Å². The third-order valence-electron chi connectivity index (χ3n) is 2.86. The third kappa shape index (κ3) is 1.95. The Labute approximate surface area is 99.6 Å². The Morgan fingerprint density at radius 3 is 3.29 bits per heavy atom. The minimum atomic E-state index is 0.432. The molecule has 1 aliphatic heterocycles. The van der Waals surface area contributed by atoms with E-state index in [1.54, 1.807) is 0 Å². The normalized spacial score (nSPS) is 19.1.